The summed E-state index contributed by atoms with van der Waals surface area (Å²) in [5.74, 6) is 0.782. The largest absolute Gasteiger partial charge is 0.343 e. The number of aromatic nitrogens is 2. The number of nitrogens with zero attached hydrogens (tertiary/aromatic N) is 3. The van der Waals surface area contributed by atoms with Crippen LogP contribution < -0.4 is 5.32 Å². The second-order valence-electron chi connectivity index (χ2n) is 6.23. The minimum absolute atomic E-state index is 0.142. The Morgan fingerprint density at radius 3 is 2.54 bits per heavy atom. The number of hydrogen-bond donors (Lipinski definition) is 1. The molecule has 0 saturated carbocycles. The standard InChI is InChI=1S/C17H23FN4O2/c1-11(2)16-20-17(24-21-16)12(3)19-15(23)10-22(4)9-13-5-7-14(18)8-6-13/h5-8,11-12H,9-10H2,1-4H3,(H,19,23)/t12-/m1/s1. The van der Waals surface area contributed by atoms with Gasteiger partial charge >= 0.3 is 0 Å². The topological polar surface area (TPSA) is 71.3 Å². The molecule has 24 heavy (non-hydrogen) atoms. The van der Waals surface area contributed by atoms with Gasteiger partial charge in [-0.3, -0.25) is 9.69 Å². The monoisotopic (exact) mass is 334 g/mol. The quantitative estimate of drug-likeness (QED) is 0.843. The summed E-state index contributed by atoms with van der Waals surface area (Å²) in [6.07, 6.45) is 0. The highest BCUT2D eigenvalue weighted by atomic mass is 19.1. The molecule has 0 saturated heterocycles. The highest BCUT2D eigenvalue weighted by molar-refractivity contribution is 5.78. The summed E-state index contributed by atoms with van der Waals surface area (Å²) in [5.41, 5.74) is 0.943. The van der Waals surface area contributed by atoms with Crippen LogP contribution in [0.5, 0.6) is 0 Å². The number of likely N-dealkylation sites (N-methyl/N-ethyl adjacent to an activating group) is 1. The Balaban J connectivity index is 1.83. The lowest BCUT2D eigenvalue weighted by Crippen LogP contribution is -2.36. The highest BCUT2D eigenvalue weighted by Gasteiger charge is 2.18. The van der Waals surface area contributed by atoms with Crippen LogP contribution in [0.1, 0.15) is 50.0 Å². The van der Waals surface area contributed by atoms with Gasteiger partial charge in [0.25, 0.3) is 0 Å². The Morgan fingerprint density at radius 1 is 1.29 bits per heavy atom. The van der Waals surface area contributed by atoms with E-state index in [4.69, 9.17) is 4.52 Å². The molecule has 1 atom stereocenters. The van der Waals surface area contributed by atoms with Crippen molar-refractivity contribution in [2.24, 2.45) is 0 Å². The molecule has 1 N–H and O–H groups in total. The lowest BCUT2D eigenvalue weighted by atomic mass is 10.2. The third-order valence-corrected chi connectivity index (χ3v) is 3.50. The zero-order valence-corrected chi connectivity index (χ0v) is 14.4. The minimum Gasteiger partial charge on any atom is -0.343 e. The van der Waals surface area contributed by atoms with Crippen molar-refractivity contribution < 1.29 is 13.7 Å². The third-order valence-electron chi connectivity index (χ3n) is 3.50. The number of amides is 1. The molecule has 0 aliphatic carbocycles. The average Bonchev–Trinajstić information content (AvgIpc) is 2.99. The minimum atomic E-state index is -0.350. The van der Waals surface area contributed by atoms with E-state index in [-0.39, 0.29) is 30.2 Å². The fourth-order valence-electron chi connectivity index (χ4n) is 2.21. The SMILES string of the molecule is CC(C)c1noc([C@@H](C)NC(=O)CN(C)Cc2ccc(F)cc2)n1. The van der Waals surface area contributed by atoms with Crippen molar-refractivity contribution in [3.05, 3.63) is 47.4 Å². The number of halogens is 1. The van der Waals surface area contributed by atoms with E-state index in [1.807, 2.05) is 25.8 Å². The summed E-state index contributed by atoms with van der Waals surface area (Å²) in [5, 5.41) is 6.73. The van der Waals surface area contributed by atoms with Gasteiger partial charge in [0.15, 0.2) is 5.82 Å². The van der Waals surface area contributed by atoms with E-state index in [1.54, 1.807) is 19.1 Å². The molecule has 1 aromatic carbocycles. The maximum Gasteiger partial charge on any atom is 0.248 e. The molecule has 2 rings (SSSR count). The van der Waals surface area contributed by atoms with Crippen LogP contribution in [-0.4, -0.2) is 34.5 Å². The summed E-state index contributed by atoms with van der Waals surface area (Å²) in [7, 11) is 1.83. The fraction of sp³-hybridized carbons (Fsp3) is 0.471. The van der Waals surface area contributed by atoms with Crippen molar-refractivity contribution >= 4 is 5.91 Å². The number of benzene rings is 1. The highest BCUT2D eigenvalue weighted by Crippen LogP contribution is 2.14. The van der Waals surface area contributed by atoms with E-state index >= 15 is 0 Å². The number of hydrogen-bond acceptors (Lipinski definition) is 5. The first-order valence-electron chi connectivity index (χ1n) is 7.91. The molecule has 7 heteroatoms. The fourth-order valence-corrected chi connectivity index (χ4v) is 2.21. The van der Waals surface area contributed by atoms with Crippen LogP contribution in [-0.2, 0) is 11.3 Å². The van der Waals surface area contributed by atoms with Crippen LogP contribution >= 0.6 is 0 Å². The molecule has 0 spiro atoms. The van der Waals surface area contributed by atoms with Gasteiger partial charge in [0.1, 0.15) is 11.9 Å². The summed E-state index contributed by atoms with van der Waals surface area (Å²) in [6, 6.07) is 5.88. The Labute approximate surface area is 141 Å². The third kappa shape index (κ3) is 5.13. The maximum absolute atomic E-state index is 12.9. The molecule has 2 aromatic rings. The van der Waals surface area contributed by atoms with Crippen LogP contribution in [0, 0.1) is 5.82 Å². The van der Waals surface area contributed by atoms with Crippen molar-refractivity contribution in [2.75, 3.05) is 13.6 Å². The van der Waals surface area contributed by atoms with E-state index in [0.717, 1.165) is 5.56 Å². The van der Waals surface area contributed by atoms with Crippen LogP contribution in [0.2, 0.25) is 0 Å². The molecule has 0 aliphatic heterocycles. The number of nitrogens with one attached hydrogen (secondary N) is 1. The van der Waals surface area contributed by atoms with E-state index in [1.165, 1.54) is 12.1 Å². The van der Waals surface area contributed by atoms with Crippen molar-refractivity contribution in [1.82, 2.24) is 20.4 Å². The molecule has 6 nitrogen and oxygen atoms in total. The first-order chi connectivity index (χ1) is 11.3. The van der Waals surface area contributed by atoms with Crippen LogP contribution in [0.4, 0.5) is 4.39 Å². The average molecular weight is 334 g/mol. The Kier molecular flexibility index (Phi) is 6.03. The van der Waals surface area contributed by atoms with Gasteiger partial charge in [0, 0.05) is 12.5 Å². The predicted molar refractivity (Wildman–Crippen MR) is 87.7 cm³/mol. The summed E-state index contributed by atoms with van der Waals surface area (Å²) >= 11 is 0. The van der Waals surface area contributed by atoms with Gasteiger partial charge in [-0.05, 0) is 31.7 Å². The lowest BCUT2D eigenvalue weighted by Gasteiger charge is -2.17. The predicted octanol–water partition coefficient (Wildman–Crippen LogP) is 2.64. The van der Waals surface area contributed by atoms with Crippen LogP contribution in [0.15, 0.2) is 28.8 Å². The first-order valence-corrected chi connectivity index (χ1v) is 7.91. The molecule has 0 fully saturated rings. The van der Waals surface area contributed by atoms with Crippen molar-refractivity contribution in [1.29, 1.82) is 0 Å². The van der Waals surface area contributed by atoms with Crippen LogP contribution in [0.3, 0.4) is 0 Å². The summed E-state index contributed by atoms with van der Waals surface area (Å²) < 4.78 is 18.1. The molecule has 0 unspecified atom stereocenters. The van der Waals surface area contributed by atoms with Gasteiger partial charge in [0.2, 0.25) is 11.8 Å². The lowest BCUT2D eigenvalue weighted by molar-refractivity contribution is -0.122. The van der Waals surface area contributed by atoms with Gasteiger partial charge in [0.05, 0.1) is 6.54 Å². The van der Waals surface area contributed by atoms with Crippen molar-refractivity contribution in [3.8, 4) is 0 Å². The van der Waals surface area contributed by atoms with Crippen LogP contribution in [0.25, 0.3) is 0 Å². The second-order valence-corrected chi connectivity index (χ2v) is 6.23. The van der Waals surface area contributed by atoms with E-state index < -0.39 is 0 Å². The molecule has 130 valence electrons. The molecule has 0 bridgehead atoms. The molecule has 0 aliphatic rings. The van der Waals surface area contributed by atoms with Crippen molar-refractivity contribution in [2.45, 2.75) is 39.3 Å². The normalized spacial score (nSPS) is 12.6. The Hall–Kier alpha value is -2.28. The first kappa shape index (κ1) is 18.1. The second kappa shape index (κ2) is 8.01. The van der Waals surface area contributed by atoms with Gasteiger partial charge in [-0.1, -0.05) is 31.1 Å². The zero-order chi connectivity index (χ0) is 17.7. The molecule has 1 heterocycles. The van der Waals surface area contributed by atoms with Crippen molar-refractivity contribution in [3.63, 3.8) is 0 Å². The molecule has 1 aromatic heterocycles. The smallest absolute Gasteiger partial charge is 0.248 e. The van der Waals surface area contributed by atoms with E-state index in [2.05, 4.69) is 15.5 Å². The summed E-state index contributed by atoms with van der Waals surface area (Å²) in [4.78, 5) is 18.2. The molecular formula is C17H23FN4O2. The van der Waals surface area contributed by atoms with Gasteiger partial charge in [-0.2, -0.15) is 4.98 Å². The van der Waals surface area contributed by atoms with E-state index in [9.17, 15) is 9.18 Å². The molecular weight excluding hydrogens is 311 g/mol. The number of carbonyl (C=O) groups excluding carboxylic acids is 1. The number of carbonyl (C=O) groups is 1. The molecule has 1 amide bonds. The van der Waals surface area contributed by atoms with Gasteiger partial charge in [-0.25, -0.2) is 4.39 Å². The van der Waals surface area contributed by atoms with E-state index in [0.29, 0.717) is 18.3 Å². The number of rotatable bonds is 7. The van der Waals surface area contributed by atoms with Gasteiger partial charge < -0.3 is 9.84 Å². The van der Waals surface area contributed by atoms with Gasteiger partial charge in [-0.15, -0.1) is 0 Å². The Bertz CT molecular complexity index is 669. The maximum atomic E-state index is 12.9. The molecule has 0 radical (unpaired) electrons. The Morgan fingerprint density at radius 2 is 1.96 bits per heavy atom. The summed E-state index contributed by atoms with van der Waals surface area (Å²) in [6.45, 7) is 6.52. The zero-order valence-electron chi connectivity index (χ0n) is 14.4.